The fraction of sp³-hybridized carbons (Fsp3) is 0.0833. The summed E-state index contributed by atoms with van der Waals surface area (Å²) in [5, 5.41) is 8.21. The van der Waals surface area contributed by atoms with Crippen LogP contribution in [-0.4, -0.2) is 12.5 Å². The van der Waals surface area contributed by atoms with Gasteiger partial charge in [-0.15, -0.1) is 0 Å². The van der Waals surface area contributed by atoms with E-state index in [-0.39, 0.29) is 5.91 Å². The van der Waals surface area contributed by atoms with E-state index >= 15 is 0 Å². The highest BCUT2D eigenvalue weighted by molar-refractivity contribution is 6.10. The Morgan fingerprint density at radius 2 is 1.93 bits per heavy atom. The van der Waals surface area contributed by atoms with Crippen LogP contribution < -0.4 is 10.6 Å². The van der Waals surface area contributed by atoms with Crippen molar-refractivity contribution in [3.8, 4) is 0 Å². The summed E-state index contributed by atoms with van der Waals surface area (Å²) in [6, 6.07) is 12.1. The van der Waals surface area contributed by atoms with Gasteiger partial charge < -0.3 is 10.6 Å². The van der Waals surface area contributed by atoms with Crippen LogP contribution in [0.1, 0.15) is 0 Å². The molecule has 1 aliphatic rings. The molecule has 0 aliphatic carbocycles. The second-order valence-corrected chi connectivity index (χ2v) is 3.61. The van der Waals surface area contributed by atoms with Gasteiger partial charge in [0.25, 0.3) is 0 Å². The molecule has 2 aromatic rings. The van der Waals surface area contributed by atoms with Crippen molar-refractivity contribution in [2.24, 2.45) is 0 Å². The third kappa shape index (κ3) is 1.24. The summed E-state index contributed by atoms with van der Waals surface area (Å²) in [5.41, 5.74) is 1.89. The maximum absolute atomic E-state index is 11.3. The van der Waals surface area contributed by atoms with E-state index in [1.807, 2.05) is 30.3 Å². The molecule has 0 unspecified atom stereocenters. The predicted octanol–water partition coefficient (Wildman–Crippen LogP) is 2.20. The molecular formula is C12H10N2O. The molecule has 0 saturated heterocycles. The number of hydrogen-bond donors (Lipinski definition) is 2. The average molecular weight is 198 g/mol. The lowest BCUT2D eigenvalue weighted by atomic mass is 10.1. The minimum Gasteiger partial charge on any atom is -0.374 e. The van der Waals surface area contributed by atoms with Crippen LogP contribution in [0.3, 0.4) is 0 Å². The van der Waals surface area contributed by atoms with Crippen LogP contribution in [0, 0.1) is 0 Å². The lowest BCUT2D eigenvalue weighted by Gasteiger charge is -2.20. The number of carbonyl (C=O) groups excluding carboxylic acids is 1. The molecule has 2 aromatic carbocycles. The van der Waals surface area contributed by atoms with Gasteiger partial charge in [0.2, 0.25) is 5.91 Å². The predicted molar refractivity (Wildman–Crippen MR) is 61.1 cm³/mol. The molecule has 1 heterocycles. The first kappa shape index (κ1) is 8.29. The number of anilines is 2. The molecule has 0 saturated carbocycles. The van der Waals surface area contributed by atoms with Crippen molar-refractivity contribution < 1.29 is 4.79 Å². The number of carbonyl (C=O) groups is 1. The quantitative estimate of drug-likeness (QED) is 0.681. The lowest BCUT2D eigenvalue weighted by molar-refractivity contribution is -0.114. The van der Waals surface area contributed by atoms with Gasteiger partial charge in [-0.2, -0.15) is 0 Å². The molecular weight excluding hydrogens is 188 g/mol. The summed E-state index contributed by atoms with van der Waals surface area (Å²) in [7, 11) is 0. The Hall–Kier alpha value is -2.03. The Labute approximate surface area is 87.1 Å². The molecule has 0 bridgehead atoms. The van der Waals surface area contributed by atoms with E-state index in [0.717, 1.165) is 22.1 Å². The molecule has 0 spiro atoms. The summed E-state index contributed by atoms with van der Waals surface area (Å²) in [6.07, 6.45) is 0. The first-order valence-corrected chi connectivity index (χ1v) is 4.90. The second-order valence-electron chi connectivity index (χ2n) is 3.61. The summed E-state index contributed by atoms with van der Waals surface area (Å²) >= 11 is 0. The van der Waals surface area contributed by atoms with Crippen LogP contribution in [-0.2, 0) is 4.79 Å². The zero-order chi connectivity index (χ0) is 10.3. The summed E-state index contributed by atoms with van der Waals surface area (Å²) in [4.78, 5) is 11.3. The molecule has 3 nitrogen and oxygen atoms in total. The zero-order valence-corrected chi connectivity index (χ0v) is 8.08. The Kier molecular flexibility index (Phi) is 1.65. The van der Waals surface area contributed by atoms with Crippen molar-refractivity contribution in [1.29, 1.82) is 0 Å². The Balaban J connectivity index is 2.32. The van der Waals surface area contributed by atoms with Gasteiger partial charge in [-0.05, 0) is 11.5 Å². The average Bonchev–Trinajstić information content (AvgIpc) is 2.29. The summed E-state index contributed by atoms with van der Waals surface area (Å²) in [5.74, 6) is 0.0128. The molecule has 0 atom stereocenters. The van der Waals surface area contributed by atoms with Gasteiger partial charge in [-0.3, -0.25) is 4.79 Å². The minimum atomic E-state index is 0.0128. The van der Waals surface area contributed by atoms with Crippen molar-refractivity contribution >= 4 is 28.1 Å². The Morgan fingerprint density at radius 3 is 2.87 bits per heavy atom. The molecule has 2 N–H and O–H groups in total. The van der Waals surface area contributed by atoms with E-state index < -0.39 is 0 Å². The second kappa shape index (κ2) is 2.98. The maximum Gasteiger partial charge on any atom is 0.243 e. The third-order valence-corrected chi connectivity index (χ3v) is 2.63. The normalized spacial score (nSPS) is 14.3. The highest BCUT2D eigenvalue weighted by Gasteiger charge is 2.15. The van der Waals surface area contributed by atoms with Crippen LogP contribution >= 0.6 is 0 Å². The van der Waals surface area contributed by atoms with Gasteiger partial charge >= 0.3 is 0 Å². The number of rotatable bonds is 0. The molecule has 0 fully saturated rings. The van der Waals surface area contributed by atoms with Gasteiger partial charge in [0, 0.05) is 5.39 Å². The van der Waals surface area contributed by atoms with Crippen LogP contribution in [0.4, 0.5) is 11.4 Å². The SMILES string of the molecule is O=C1CNc2ccc3ccccc3c2N1. The van der Waals surface area contributed by atoms with Crippen LogP contribution in [0.15, 0.2) is 36.4 Å². The number of fused-ring (bicyclic) bond motifs is 3. The van der Waals surface area contributed by atoms with E-state index in [1.165, 1.54) is 0 Å². The minimum absolute atomic E-state index is 0.0128. The number of amides is 1. The summed E-state index contributed by atoms with van der Waals surface area (Å²) in [6.45, 7) is 0.353. The van der Waals surface area contributed by atoms with Crippen LogP contribution in [0.25, 0.3) is 10.8 Å². The molecule has 1 aliphatic heterocycles. The fourth-order valence-corrected chi connectivity index (χ4v) is 1.91. The van der Waals surface area contributed by atoms with Crippen LogP contribution in [0.2, 0.25) is 0 Å². The molecule has 0 radical (unpaired) electrons. The standard InChI is InChI=1S/C12H10N2O/c15-11-7-13-10-6-5-8-3-1-2-4-9(8)12(10)14-11/h1-6,13H,7H2,(H,14,15). The van der Waals surface area contributed by atoms with Crippen molar-refractivity contribution in [2.75, 3.05) is 17.2 Å². The monoisotopic (exact) mass is 198 g/mol. The number of benzene rings is 2. The van der Waals surface area contributed by atoms with Crippen LogP contribution in [0.5, 0.6) is 0 Å². The van der Waals surface area contributed by atoms with E-state index in [1.54, 1.807) is 0 Å². The number of nitrogens with one attached hydrogen (secondary N) is 2. The molecule has 1 amide bonds. The van der Waals surface area contributed by atoms with Gasteiger partial charge in [-0.25, -0.2) is 0 Å². The Bertz CT molecular complexity index is 548. The fourth-order valence-electron chi connectivity index (χ4n) is 1.91. The topological polar surface area (TPSA) is 41.1 Å². The van der Waals surface area contributed by atoms with Gasteiger partial charge in [0.05, 0.1) is 17.9 Å². The summed E-state index contributed by atoms with van der Waals surface area (Å²) < 4.78 is 0. The molecule has 74 valence electrons. The third-order valence-electron chi connectivity index (χ3n) is 2.63. The van der Waals surface area contributed by atoms with E-state index in [9.17, 15) is 4.79 Å². The zero-order valence-electron chi connectivity index (χ0n) is 8.08. The van der Waals surface area contributed by atoms with Gasteiger partial charge in [0.1, 0.15) is 0 Å². The first-order valence-electron chi connectivity index (χ1n) is 4.90. The molecule has 3 heteroatoms. The smallest absolute Gasteiger partial charge is 0.243 e. The Morgan fingerprint density at radius 1 is 1.07 bits per heavy atom. The van der Waals surface area contributed by atoms with E-state index in [0.29, 0.717) is 6.54 Å². The highest BCUT2D eigenvalue weighted by Crippen LogP contribution is 2.32. The first-order chi connectivity index (χ1) is 7.34. The largest absolute Gasteiger partial charge is 0.374 e. The molecule has 3 rings (SSSR count). The lowest BCUT2D eigenvalue weighted by Crippen LogP contribution is -2.27. The van der Waals surface area contributed by atoms with Crippen molar-refractivity contribution in [3.05, 3.63) is 36.4 Å². The number of hydrogen-bond acceptors (Lipinski definition) is 2. The molecule has 0 aromatic heterocycles. The van der Waals surface area contributed by atoms with E-state index in [2.05, 4.69) is 16.7 Å². The van der Waals surface area contributed by atoms with E-state index in [4.69, 9.17) is 0 Å². The maximum atomic E-state index is 11.3. The highest BCUT2D eigenvalue weighted by atomic mass is 16.2. The van der Waals surface area contributed by atoms with Crippen molar-refractivity contribution in [2.45, 2.75) is 0 Å². The van der Waals surface area contributed by atoms with Gasteiger partial charge in [-0.1, -0.05) is 30.3 Å². The van der Waals surface area contributed by atoms with Crippen molar-refractivity contribution in [1.82, 2.24) is 0 Å². The van der Waals surface area contributed by atoms with Gasteiger partial charge in [0.15, 0.2) is 0 Å². The molecule has 15 heavy (non-hydrogen) atoms. The van der Waals surface area contributed by atoms with Crippen molar-refractivity contribution in [3.63, 3.8) is 0 Å².